The molecule has 0 aliphatic rings. The first kappa shape index (κ1) is 14.1. The maximum absolute atomic E-state index is 12.4. The van der Waals surface area contributed by atoms with E-state index in [1.807, 2.05) is 37.3 Å². The molecule has 0 radical (unpaired) electrons. The third kappa shape index (κ3) is 2.63. The molecule has 4 rings (SSSR count). The Kier molecular flexibility index (Phi) is 3.31. The number of nitrogens with zero attached hydrogens (tertiary/aromatic N) is 4. The molecule has 0 unspecified atom stereocenters. The van der Waals surface area contributed by atoms with Crippen LogP contribution in [0.5, 0.6) is 0 Å². The summed E-state index contributed by atoms with van der Waals surface area (Å²) in [6.07, 6.45) is 3.48. The molecule has 7 heteroatoms. The molecule has 7 nitrogen and oxygen atoms in total. The molecule has 0 aliphatic heterocycles. The second kappa shape index (κ2) is 5.62. The van der Waals surface area contributed by atoms with Gasteiger partial charge in [-0.15, -0.1) is 0 Å². The number of benzene rings is 1. The van der Waals surface area contributed by atoms with Gasteiger partial charge in [-0.3, -0.25) is 9.89 Å². The molecule has 0 saturated carbocycles. The van der Waals surface area contributed by atoms with Crippen molar-refractivity contribution >= 4 is 17.2 Å². The number of amides is 1. The smallest absolute Gasteiger partial charge is 0.276 e. The Labute approximate surface area is 137 Å². The summed E-state index contributed by atoms with van der Waals surface area (Å²) in [5.41, 5.74) is 4.53. The van der Waals surface area contributed by atoms with Gasteiger partial charge in [0.25, 0.3) is 5.91 Å². The van der Waals surface area contributed by atoms with Crippen molar-refractivity contribution in [1.82, 2.24) is 24.8 Å². The van der Waals surface area contributed by atoms with Crippen molar-refractivity contribution in [1.29, 1.82) is 0 Å². The van der Waals surface area contributed by atoms with E-state index in [4.69, 9.17) is 0 Å². The van der Waals surface area contributed by atoms with Gasteiger partial charge in [0.1, 0.15) is 5.69 Å². The van der Waals surface area contributed by atoms with Crippen LogP contribution >= 0.6 is 0 Å². The van der Waals surface area contributed by atoms with Gasteiger partial charge in [0.15, 0.2) is 5.65 Å². The quantitative estimate of drug-likeness (QED) is 0.608. The van der Waals surface area contributed by atoms with Crippen molar-refractivity contribution in [2.45, 2.75) is 6.92 Å². The fourth-order valence-electron chi connectivity index (χ4n) is 2.47. The third-order valence-electron chi connectivity index (χ3n) is 3.63. The summed E-state index contributed by atoms with van der Waals surface area (Å²) in [5, 5.41) is 13.9. The number of carbonyl (C=O) groups excluding carboxylic acids is 1. The molecule has 3 heterocycles. The summed E-state index contributed by atoms with van der Waals surface area (Å²) in [4.78, 5) is 16.6. The Bertz CT molecular complexity index is 1000. The Hall–Kier alpha value is -3.48. The number of fused-ring (bicyclic) bond motifs is 1. The lowest BCUT2D eigenvalue weighted by Gasteiger charge is -2.06. The topological polar surface area (TPSA) is 88.0 Å². The van der Waals surface area contributed by atoms with Gasteiger partial charge in [-0.2, -0.15) is 10.2 Å². The molecule has 0 saturated heterocycles. The number of nitrogens with one attached hydrogen (secondary N) is 2. The number of hydrogen-bond donors (Lipinski definition) is 2. The van der Waals surface area contributed by atoms with Crippen LogP contribution < -0.4 is 5.32 Å². The fraction of sp³-hybridized carbons (Fsp3) is 0.0588. The van der Waals surface area contributed by atoms with Gasteiger partial charge in [-0.1, -0.05) is 12.1 Å². The summed E-state index contributed by atoms with van der Waals surface area (Å²) in [6, 6.07) is 12.8. The SMILES string of the molecule is Cc1cn2nc(C(=O)Nc3ccc(-c4ccn[nH]4)cc3)ccc2n1. The van der Waals surface area contributed by atoms with Crippen molar-refractivity contribution in [3.63, 3.8) is 0 Å². The zero-order chi connectivity index (χ0) is 16.5. The maximum Gasteiger partial charge on any atom is 0.276 e. The Morgan fingerprint density at radius 2 is 1.96 bits per heavy atom. The normalized spacial score (nSPS) is 10.9. The first-order valence-electron chi connectivity index (χ1n) is 7.43. The first-order chi connectivity index (χ1) is 11.7. The minimum absolute atomic E-state index is 0.266. The van der Waals surface area contributed by atoms with Crippen LogP contribution in [0.3, 0.4) is 0 Å². The van der Waals surface area contributed by atoms with Crippen LogP contribution in [-0.4, -0.2) is 30.7 Å². The molecule has 1 amide bonds. The number of anilines is 1. The molecule has 24 heavy (non-hydrogen) atoms. The Morgan fingerprint density at radius 3 is 2.71 bits per heavy atom. The van der Waals surface area contributed by atoms with E-state index in [-0.39, 0.29) is 5.91 Å². The molecule has 3 aromatic heterocycles. The largest absolute Gasteiger partial charge is 0.321 e. The van der Waals surface area contributed by atoms with Crippen LogP contribution in [0.25, 0.3) is 16.9 Å². The number of rotatable bonds is 3. The van der Waals surface area contributed by atoms with Gasteiger partial charge in [0.05, 0.1) is 17.6 Å². The maximum atomic E-state index is 12.4. The van der Waals surface area contributed by atoms with Gasteiger partial charge in [0.2, 0.25) is 0 Å². The van der Waals surface area contributed by atoms with Crippen LogP contribution in [0.1, 0.15) is 16.2 Å². The van der Waals surface area contributed by atoms with Crippen LogP contribution in [-0.2, 0) is 0 Å². The zero-order valence-corrected chi connectivity index (χ0v) is 12.9. The van der Waals surface area contributed by atoms with Crippen LogP contribution in [0.2, 0.25) is 0 Å². The van der Waals surface area contributed by atoms with Crippen LogP contribution in [0, 0.1) is 6.92 Å². The van der Waals surface area contributed by atoms with Gasteiger partial charge in [0, 0.05) is 11.9 Å². The van der Waals surface area contributed by atoms with E-state index in [1.165, 1.54) is 0 Å². The average Bonchev–Trinajstić information content (AvgIpc) is 3.23. The average molecular weight is 318 g/mol. The predicted molar refractivity (Wildman–Crippen MR) is 89.7 cm³/mol. The molecule has 4 aromatic rings. The van der Waals surface area contributed by atoms with E-state index in [1.54, 1.807) is 29.0 Å². The molecular formula is C17H14N6O. The first-order valence-corrected chi connectivity index (χ1v) is 7.43. The molecule has 0 aliphatic carbocycles. The molecule has 0 atom stereocenters. The van der Waals surface area contributed by atoms with Crippen LogP contribution in [0.15, 0.2) is 54.9 Å². The van der Waals surface area contributed by atoms with E-state index in [2.05, 4.69) is 25.6 Å². The van der Waals surface area contributed by atoms with Crippen molar-refractivity contribution in [2.75, 3.05) is 5.32 Å². The van der Waals surface area contributed by atoms with Gasteiger partial charge >= 0.3 is 0 Å². The fourth-order valence-corrected chi connectivity index (χ4v) is 2.47. The molecular weight excluding hydrogens is 304 g/mol. The highest BCUT2D eigenvalue weighted by atomic mass is 16.1. The molecule has 2 N–H and O–H groups in total. The standard InChI is InChI=1S/C17H14N6O/c1-11-10-23-16(19-11)7-6-15(22-23)17(24)20-13-4-2-12(3-5-13)14-8-9-18-21-14/h2-10H,1H3,(H,18,21)(H,20,24). The van der Waals surface area contributed by atoms with Crippen molar-refractivity contribution in [3.05, 3.63) is 66.2 Å². The number of imidazole rings is 1. The van der Waals surface area contributed by atoms with E-state index in [9.17, 15) is 4.79 Å². The monoisotopic (exact) mass is 318 g/mol. The molecule has 118 valence electrons. The van der Waals surface area contributed by atoms with Gasteiger partial charge < -0.3 is 5.32 Å². The van der Waals surface area contributed by atoms with E-state index >= 15 is 0 Å². The van der Waals surface area contributed by atoms with Gasteiger partial charge in [-0.05, 0) is 42.8 Å². The highest BCUT2D eigenvalue weighted by Gasteiger charge is 2.10. The summed E-state index contributed by atoms with van der Waals surface area (Å²) >= 11 is 0. The van der Waals surface area contributed by atoms with Crippen LogP contribution in [0.4, 0.5) is 5.69 Å². The van der Waals surface area contributed by atoms with E-state index in [0.717, 1.165) is 17.0 Å². The number of carbonyl (C=O) groups is 1. The summed E-state index contributed by atoms with van der Waals surface area (Å²) in [5.74, 6) is -0.266. The van der Waals surface area contributed by atoms with E-state index in [0.29, 0.717) is 17.0 Å². The lowest BCUT2D eigenvalue weighted by atomic mass is 10.1. The lowest BCUT2D eigenvalue weighted by Crippen LogP contribution is -2.15. The summed E-state index contributed by atoms with van der Waals surface area (Å²) in [6.45, 7) is 1.88. The predicted octanol–water partition coefficient (Wildman–Crippen LogP) is 2.68. The highest BCUT2D eigenvalue weighted by molar-refractivity contribution is 6.02. The lowest BCUT2D eigenvalue weighted by molar-refractivity contribution is 0.102. The summed E-state index contributed by atoms with van der Waals surface area (Å²) < 4.78 is 1.60. The van der Waals surface area contributed by atoms with Crippen molar-refractivity contribution in [3.8, 4) is 11.3 Å². The van der Waals surface area contributed by atoms with Crippen molar-refractivity contribution < 1.29 is 4.79 Å². The zero-order valence-electron chi connectivity index (χ0n) is 12.9. The highest BCUT2D eigenvalue weighted by Crippen LogP contribution is 2.19. The Morgan fingerprint density at radius 1 is 1.12 bits per heavy atom. The molecule has 0 spiro atoms. The summed E-state index contributed by atoms with van der Waals surface area (Å²) in [7, 11) is 0. The van der Waals surface area contributed by atoms with Crippen molar-refractivity contribution in [2.24, 2.45) is 0 Å². The number of H-pyrrole nitrogens is 1. The minimum Gasteiger partial charge on any atom is -0.321 e. The number of aromatic amines is 1. The second-order valence-electron chi connectivity index (χ2n) is 5.41. The number of aryl methyl sites for hydroxylation is 1. The third-order valence-corrected chi connectivity index (χ3v) is 3.63. The number of hydrogen-bond acceptors (Lipinski definition) is 4. The molecule has 0 fully saturated rings. The molecule has 0 bridgehead atoms. The molecule has 1 aromatic carbocycles. The van der Waals surface area contributed by atoms with Gasteiger partial charge in [-0.25, -0.2) is 9.50 Å². The number of aromatic nitrogens is 5. The minimum atomic E-state index is -0.266. The Balaban J connectivity index is 1.54. The van der Waals surface area contributed by atoms with E-state index < -0.39 is 0 Å². The second-order valence-corrected chi connectivity index (χ2v) is 5.41.